The van der Waals surface area contributed by atoms with E-state index in [2.05, 4.69) is 5.28 Å². The van der Waals surface area contributed by atoms with Crippen molar-refractivity contribution in [1.29, 1.82) is 0 Å². The molecule has 1 aliphatic rings. The van der Waals surface area contributed by atoms with Crippen molar-refractivity contribution in [3.05, 3.63) is 41.1 Å². The molecule has 0 amide bonds. The number of carboxylic acids is 1. The van der Waals surface area contributed by atoms with Gasteiger partial charge in [-0.25, -0.2) is 4.79 Å². The SMILES string of the molecule is CC(O/N=[N+](\[O-])N1CC(C(=O)O)C1)OC(=O)c1ccccc1. The lowest BCUT2D eigenvalue weighted by Gasteiger charge is -2.31. The van der Waals surface area contributed by atoms with Crippen LogP contribution in [0.25, 0.3) is 0 Å². The van der Waals surface area contributed by atoms with Crippen LogP contribution in [0.3, 0.4) is 0 Å². The first-order chi connectivity index (χ1) is 10.5. The number of hydrazine groups is 1. The minimum Gasteiger partial charge on any atom is -0.569 e. The number of esters is 1. The second-order valence-electron chi connectivity index (χ2n) is 4.69. The normalized spacial score (nSPS) is 16.6. The monoisotopic (exact) mass is 309 g/mol. The summed E-state index contributed by atoms with van der Waals surface area (Å²) < 4.78 is 4.94. The third-order valence-electron chi connectivity index (χ3n) is 3.00. The Bertz CT molecular complexity index is 570. The Hall–Kier alpha value is -2.84. The molecule has 1 atom stereocenters. The lowest BCUT2D eigenvalue weighted by Crippen LogP contribution is -2.53. The Morgan fingerprint density at radius 2 is 2.05 bits per heavy atom. The minimum atomic E-state index is -1.05. The third kappa shape index (κ3) is 3.84. The first kappa shape index (κ1) is 15.5. The average Bonchev–Trinajstić information content (AvgIpc) is 2.44. The summed E-state index contributed by atoms with van der Waals surface area (Å²) in [6.07, 6.45) is -1.05. The Kier molecular flexibility index (Phi) is 4.77. The number of rotatable bonds is 6. The summed E-state index contributed by atoms with van der Waals surface area (Å²) in [7, 11) is 0. The predicted molar refractivity (Wildman–Crippen MR) is 71.2 cm³/mol. The quantitative estimate of drug-likeness (QED) is 0.274. The Balaban J connectivity index is 1.78. The van der Waals surface area contributed by atoms with Crippen LogP contribution in [-0.4, -0.2) is 46.4 Å². The molecule has 0 radical (unpaired) electrons. The molecule has 1 N–H and O–H groups in total. The van der Waals surface area contributed by atoms with Crippen molar-refractivity contribution in [2.75, 3.05) is 13.1 Å². The van der Waals surface area contributed by atoms with Gasteiger partial charge < -0.3 is 15.1 Å². The Morgan fingerprint density at radius 3 is 2.64 bits per heavy atom. The van der Waals surface area contributed by atoms with Crippen LogP contribution in [0.15, 0.2) is 35.6 Å². The molecule has 2 rings (SSSR count). The van der Waals surface area contributed by atoms with E-state index in [0.29, 0.717) is 5.56 Å². The van der Waals surface area contributed by atoms with Crippen LogP contribution >= 0.6 is 0 Å². The van der Waals surface area contributed by atoms with Crippen molar-refractivity contribution in [3.63, 3.8) is 0 Å². The number of carbonyl (C=O) groups is 2. The zero-order valence-electron chi connectivity index (χ0n) is 11.8. The van der Waals surface area contributed by atoms with Gasteiger partial charge >= 0.3 is 11.9 Å². The second-order valence-corrected chi connectivity index (χ2v) is 4.69. The standard InChI is InChI=1S/C13H15N3O6/c1-9(21-13(19)10-5-3-2-4-6-10)22-14-16(20)15-7-11(8-15)12(17)18/h2-6,9,11H,7-8H2,1H3,(H,17,18)/b16-14-. The zero-order valence-corrected chi connectivity index (χ0v) is 11.8. The van der Waals surface area contributed by atoms with Crippen molar-refractivity contribution in [2.24, 2.45) is 11.2 Å². The number of ether oxygens (including phenoxy) is 1. The maximum absolute atomic E-state index is 11.7. The predicted octanol–water partition coefficient (Wildman–Crippen LogP) is 1.01. The van der Waals surface area contributed by atoms with Crippen molar-refractivity contribution in [1.82, 2.24) is 5.01 Å². The summed E-state index contributed by atoms with van der Waals surface area (Å²) in [5.41, 5.74) is 0.351. The maximum Gasteiger partial charge on any atom is 0.341 e. The van der Waals surface area contributed by atoms with E-state index in [1.165, 1.54) is 6.92 Å². The van der Waals surface area contributed by atoms with Gasteiger partial charge in [-0.3, -0.25) is 9.63 Å². The highest BCUT2D eigenvalue weighted by atomic mass is 16.8. The number of hydrogen-bond acceptors (Lipinski definition) is 6. The topological polar surface area (TPSA) is 114 Å². The van der Waals surface area contributed by atoms with E-state index >= 15 is 0 Å². The van der Waals surface area contributed by atoms with E-state index in [0.717, 1.165) is 5.01 Å². The van der Waals surface area contributed by atoms with Crippen LogP contribution in [0.5, 0.6) is 0 Å². The minimum absolute atomic E-state index is 0.0594. The summed E-state index contributed by atoms with van der Waals surface area (Å²) in [5.74, 6) is -2.15. The van der Waals surface area contributed by atoms with Gasteiger partial charge in [-0.2, -0.15) is 0 Å². The van der Waals surface area contributed by atoms with Crippen molar-refractivity contribution >= 4 is 11.9 Å². The fourth-order valence-corrected chi connectivity index (χ4v) is 1.72. The summed E-state index contributed by atoms with van der Waals surface area (Å²) >= 11 is 0. The number of aliphatic carboxylic acids is 1. The first-order valence-electron chi connectivity index (χ1n) is 6.55. The van der Waals surface area contributed by atoms with Crippen molar-refractivity contribution < 1.29 is 29.2 Å². The van der Waals surface area contributed by atoms with Gasteiger partial charge in [0.25, 0.3) is 6.29 Å². The van der Waals surface area contributed by atoms with Gasteiger partial charge in [0.1, 0.15) is 5.92 Å². The number of nitrogens with zero attached hydrogens (tertiary/aromatic N) is 3. The molecule has 1 unspecified atom stereocenters. The summed E-state index contributed by atoms with van der Waals surface area (Å²) in [6, 6.07) is 8.30. The van der Waals surface area contributed by atoms with Gasteiger partial charge in [0.2, 0.25) is 5.28 Å². The highest BCUT2D eigenvalue weighted by molar-refractivity contribution is 5.89. The zero-order chi connectivity index (χ0) is 16.1. The highest BCUT2D eigenvalue weighted by Crippen LogP contribution is 2.15. The molecule has 118 valence electrons. The van der Waals surface area contributed by atoms with Crippen LogP contribution in [0, 0.1) is 11.1 Å². The Morgan fingerprint density at radius 1 is 1.41 bits per heavy atom. The van der Waals surface area contributed by atoms with Crippen LogP contribution in [0.2, 0.25) is 0 Å². The molecule has 1 aliphatic heterocycles. The number of hydrogen-bond donors (Lipinski definition) is 1. The fraction of sp³-hybridized carbons (Fsp3) is 0.385. The molecule has 1 heterocycles. The molecule has 0 aromatic heterocycles. The van der Waals surface area contributed by atoms with Gasteiger partial charge in [0, 0.05) is 6.92 Å². The second kappa shape index (κ2) is 6.74. The van der Waals surface area contributed by atoms with Crippen molar-refractivity contribution in [3.8, 4) is 0 Å². The van der Waals surface area contributed by atoms with Gasteiger partial charge in [-0.15, -0.1) is 5.01 Å². The van der Waals surface area contributed by atoms with Gasteiger partial charge in [-0.05, 0) is 12.1 Å². The molecule has 1 aromatic rings. The molecule has 0 spiro atoms. The molecule has 9 heteroatoms. The first-order valence-corrected chi connectivity index (χ1v) is 6.55. The summed E-state index contributed by atoms with van der Waals surface area (Å²) in [6.45, 7) is 1.53. The van der Waals surface area contributed by atoms with Crippen LogP contribution < -0.4 is 0 Å². The molecular weight excluding hydrogens is 294 g/mol. The lowest BCUT2D eigenvalue weighted by atomic mass is 10.0. The average molecular weight is 309 g/mol. The van der Waals surface area contributed by atoms with E-state index in [1.54, 1.807) is 30.3 Å². The summed E-state index contributed by atoms with van der Waals surface area (Å²) in [5, 5.41) is 24.5. The third-order valence-corrected chi connectivity index (χ3v) is 3.00. The van der Waals surface area contributed by atoms with Crippen molar-refractivity contribution in [2.45, 2.75) is 13.2 Å². The molecule has 0 aliphatic carbocycles. The van der Waals surface area contributed by atoms with Crippen LogP contribution in [0.1, 0.15) is 17.3 Å². The highest BCUT2D eigenvalue weighted by Gasteiger charge is 2.38. The number of benzene rings is 1. The van der Waals surface area contributed by atoms with E-state index < -0.39 is 24.1 Å². The largest absolute Gasteiger partial charge is 0.569 e. The van der Waals surface area contributed by atoms with Crippen LogP contribution in [0.4, 0.5) is 0 Å². The fourth-order valence-electron chi connectivity index (χ4n) is 1.72. The van der Waals surface area contributed by atoms with Gasteiger partial charge in [0.15, 0.2) is 0 Å². The molecule has 1 fully saturated rings. The smallest absolute Gasteiger partial charge is 0.341 e. The lowest BCUT2D eigenvalue weighted by molar-refractivity contribution is -0.727. The molecule has 9 nitrogen and oxygen atoms in total. The van der Waals surface area contributed by atoms with E-state index in [1.807, 2.05) is 0 Å². The number of carbonyl (C=O) groups excluding carboxylic acids is 1. The maximum atomic E-state index is 11.7. The van der Waals surface area contributed by atoms with Crippen LogP contribution in [-0.2, 0) is 14.4 Å². The van der Waals surface area contributed by atoms with E-state index in [9.17, 15) is 14.8 Å². The van der Waals surface area contributed by atoms with Gasteiger partial charge in [-0.1, -0.05) is 18.2 Å². The molecule has 22 heavy (non-hydrogen) atoms. The molecule has 1 aromatic carbocycles. The summed E-state index contributed by atoms with van der Waals surface area (Å²) in [4.78, 5) is 27.2. The molecular formula is C13H15N3O6. The molecule has 0 bridgehead atoms. The van der Waals surface area contributed by atoms with E-state index in [4.69, 9.17) is 14.7 Å². The molecule has 1 saturated heterocycles. The Labute approximate surface area is 125 Å². The van der Waals surface area contributed by atoms with Gasteiger partial charge in [0.05, 0.1) is 23.6 Å². The molecule has 0 saturated carbocycles. The van der Waals surface area contributed by atoms with E-state index in [-0.39, 0.29) is 18.1 Å². The number of carboxylic acid groups (broad SMARTS) is 1.